The van der Waals surface area contributed by atoms with E-state index in [9.17, 15) is 0 Å². The van der Waals surface area contributed by atoms with Crippen molar-refractivity contribution in [1.82, 2.24) is 9.97 Å². The molecule has 0 spiro atoms. The first-order valence-corrected chi connectivity index (χ1v) is 7.38. The molecule has 0 aliphatic carbocycles. The van der Waals surface area contributed by atoms with Crippen LogP contribution in [0.2, 0.25) is 0 Å². The van der Waals surface area contributed by atoms with Crippen molar-refractivity contribution in [3.63, 3.8) is 0 Å². The van der Waals surface area contributed by atoms with Crippen LogP contribution in [0.15, 0.2) is 0 Å². The second kappa shape index (κ2) is 5.76. The van der Waals surface area contributed by atoms with E-state index in [0.717, 1.165) is 36.5 Å². The number of hydrogen-bond acceptors (Lipinski definition) is 4. The summed E-state index contributed by atoms with van der Waals surface area (Å²) >= 11 is 0. The van der Waals surface area contributed by atoms with E-state index in [2.05, 4.69) is 42.9 Å². The largest absolute Gasteiger partial charge is 0.373 e. The minimum atomic E-state index is 0.357. The van der Waals surface area contributed by atoms with Crippen molar-refractivity contribution in [1.29, 1.82) is 0 Å². The molecule has 1 atom stereocenters. The van der Waals surface area contributed by atoms with Gasteiger partial charge in [0.25, 0.3) is 0 Å². The Hall–Kier alpha value is -1.32. The summed E-state index contributed by atoms with van der Waals surface area (Å²) in [5, 5.41) is 3.20. The summed E-state index contributed by atoms with van der Waals surface area (Å²) in [6.07, 6.45) is 2.54. The lowest BCUT2D eigenvalue weighted by Gasteiger charge is -2.22. The van der Waals surface area contributed by atoms with Gasteiger partial charge in [-0.15, -0.1) is 0 Å². The smallest absolute Gasteiger partial charge is 0.137 e. The number of rotatable bonds is 4. The number of nitrogens with zero attached hydrogens (tertiary/aromatic N) is 3. The summed E-state index contributed by atoms with van der Waals surface area (Å²) < 4.78 is 0. The summed E-state index contributed by atoms with van der Waals surface area (Å²) in [4.78, 5) is 11.8. The summed E-state index contributed by atoms with van der Waals surface area (Å²) in [7, 11) is 1.93. The van der Waals surface area contributed by atoms with Gasteiger partial charge in [0.15, 0.2) is 0 Å². The van der Waals surface area contributed by atoms with Crippen LogP contribution in [0.3, 0.4) is 0 Å². The van der Waals surface area contributed by atoms with E-state index in [1.54, 1.807) is 0 Å². The highest BCUT2D eigenvalue weighted by molar-refractivity contribution is 5.59. The monoisotopic (exact) mass is 262 g/mol. The second-order valence-corrected chi connectivity index (χ2v) is 5.79. The lowest BCUT2D eigenvalue weighted by atomic mass is 10.1. The quantitative estimate of drug-likeness (QED) is 0.904. The van der Waals surface area contributed by atoms with Gasteiger partial charge in [-0.3, -0.25) is 0 Å². The van der Waals surface area contributed by atoms with Gasteiger partial charge < -0.3 is 10.2 Å². The van der Waals surface area contributed by atoms with E-state index in [0.29, 0.717) is 5.92 Å². The first-order valence-electron chi connectivity index (χ1n) is 7.38. The third-order valence-corrected chi connectivity index (χ3v) is 4.05. The summed E-state index contributed by atoms with van der Waals surface area (Å²) in [5.41, 5.74) is 1.17. The van der Waals surface area contributed by atoms with Crippen molar-refractivity contribution in [2.75, 3.05) is 30.4 Å². The first kappa shape index (κ1) is 14.1. The fourth-order valence-electron chi connectivity index (χ4n) is 2.69. The molecule has 19 heavy (non-hydrogen) atoms. The molecule has 1 aliphatic heterocycles. The predicted octanol–water partition coefficient (Wildman–Crippen LogP) is 3.19. The molecule has 2 heterocycles. The molecule has 0 bridgehead atoms. The Morgan fingerprint density at radius 1 is 1.37 bits per heavy atom. The summed E-state index contributed by atoms with van der Waals surface area (Å²) in [6, 6.07) is 0. The van der Waals surface area contributed by atoms with Gasteiger partial charge in [0.2, 0.25) is 0 Å². The van der Waals surface area contributed by atoms with E-state index in [-0.39, 0.29) is 0 Å². The van der Waals surface area contributed by atoms with E-state index in [1.165, 1.54) is 18.4 Å². The van der Waals surface area contributed by atoms with Crippen molar-refractivity contribution in [3.8, 4) is 0 Å². The lowest BCUT2D eigenvalue weighted by molar-refractivity contribution is 0.568. The zero-order chi connectivity index (χ0) is 14.0. The van der Waals surface area contributed by atoms with Crippen LogP contribution >= 0.6 is 0 Å². The van der Waals surface area contributed by atoms with Crippen molar-refractivity contribution in [3.05, 3.63) is 11.4 Å². The van der Waals surface area contributed by atoms with Crippen molar-refractivity contribution >= 4 is 11.6 Å². The molecule has 0 amide bonds. The molecule has 4 heteroatoms. The summed E-state index contributed by atoms with van der Waals surface area (Å²) in [6.45, 7) is 10.9. The maximum Gasteiger partial charge on any atom is 0.137 e. The van der Waals surface area contributed by atoms with E-state index < -0.39 is 0 Å². The maximum absolute atomic E-state index is 4.81. The minimum Gasteiger partial charge on any atom is -0.373 e. The molecular weight excluding hydrogens is 236 g/mol. The van der Waals surface area contributed by atoms with Gasteiger partial charge in [0, 0.05) is 31.6 Å². The molecule has 1 aliphatic rings. The van der Waals surface area contributed by atoms with Crippen LogP contribution in [0.25, 0.3) is 0 Å². The zero-order valence-electron chi connectivity index (χ0n) is 12.8. The number of aromatic nitrogens is 2. The van der Waals surface area contributed by atoms with Gasteiger partial charge in [-0.25, -0.2) is 9.97 Å². The third kappa shape index (κ3) is 2.82. The van der Waals surface area contributed by atoms with E-state index >= 15 is 0 Å². The number of nitrogens with one attached hydrogen (secondary N) is 1. The van der Waals surface area contributed by atoms with Gasteiger partial charge in [-0.1, -0.05) is 27.2 Å². The SMILES string of the molecule is CCC1CCN(c2nc(C(C)C)nc(NC)c2C)C1. The van der Waals surface area contributed by atoms with Crippen molar-refractivity contribution in [2.45, 2.75) is 46.5 Å². The molecule has 106 valence electrons. The van der Waals surface area contributed by atoms with E-state index in [4.69, 9.17) is 4.98 Å². The standard InChI is InChI=1S/C15H26N4/c1-6-12-7-8-19(9-12)15-11(4)14(16-5)17-13(18-15)10(2)3/h10,12H,6-9H2,1-5H3,(H,16,17,18). The molecule has 0 saturated carbocycles. The van der Waals surface area contributed by atoms with Crippen LogP contribution in [-0.4, -0.2) is 30.1 Å². The van der Waals surface area contributed by atoms with Crippen LogP contribution in [0.5, 0.6) is 0 Å². The lowest BCUT2D eigenvalue weighted by Crippen LogP contribution is -2.23. The highest BCUT2D eigenvalue weighted by Crippen LogP contribution is 2.30. The van der Waals surface area contributed by atoms with Gasteiger partial charge in [0.05, 0.1) is 0 Å². The Morgan fingerprint density at radius 2 is 2.11 bits per heavy atom. The fourth-order valence-corrected chi connectivity index (χ4v) is 2.69. The Kier molecular flexibility index (Phi) is 4.27. The molecule has 1 N–H and O–H groups in total. The molecule has 1 fully saturated rings. The molecule has 0 aromatic carbocycles. The Bertz CT molecular complexity index is 442. The first-order chi connectivity index (χ1) is 9.06. The van der Waals surface area contributed by atoms with Crippen LogP contribution in [0.1, 0.15) is 50.9 Å². The normalized spacial score (nSPS) is 19.3. The summed E-state index contributed by atoms with van der Waals surface area (Å²) in [5.74, 6) is 4.20. The molecular formula is C15H26N4. The van der Waals surface area contributed by atoms with Gasteiger partial charge in [-0.2, -0.15) is 0 Å². The van der Waals surface area contributed by atoms with Gasteiger partial charge >= 0.3 is 0 Å². The Labute approximate surface area is 116 Å². The van der Waals surface area contributed by atoms with Crippen LogP contribution < -0.4 is 10.2 Å². The highest BCUT2D eigenvalue weighted by atomic mass is 15.2. The average Bonchev–Trinajstić information content (AvgIpc) is 2.87. The van der Waals surface area contributed by atoms with Crippen molar-refractivity contribution in [2.24, 2.45) is 5.92 Å². The Morgan fingerprint density at radius 3 is 2.63 bits per heavy atom. The molecule has 1 unspecified atom stereocenters. The molecule has 2 rings (SSSR count). The highest BCUT2D eigenvalue weighted by Gasteiger charge is 2.25. The molecule has 0 radical (unpaired) electrons. The van der Waals surface area contributed by atoms with Crippen molar-refractivity contribution < 1.29 is 0 Å². The maximum atomic E-state index is 4.81. The molecule has 1 saturated heterocycles. The number of hydrogen-bond donors (Lipinski definition) is 1. The predicted molar refractivity (Wildman–Crippen MR) is 81.0 cm³/mol. The average molecular weight is 262 g/mol. The van der Waals surface area contributed by atoms with Gasteiger partial charge in [-0.05, 0) is 19.3 Å². The van der Waals surface area contributed by atoms with E-state index in [1.807, 2.05) is 7.05 Å². The fraction of sp³-hybridized carbons (Fsp3) is 0.733. The van der Waals surface area contributed by atoms with Gasteiger partial charge in [0.1, 0.15) is 17.5 Å². The molecule has 4 nitrogen and oxygen atoms in total. The topological polar surface area (TPSA) is 41.1 Å². The number of anilines is 2. The van der Waals surface area contributed by atoms with Crippen LogP contribution in [-0.2, 0) is 0 Å². The van der Waals surface area contributed by atoms with Crippen LogP contribution in [0.4, 0.5) is 11.6 Å². The minimum absolute atomic E-state index is 0.357. The third-order valence-electron chi connectivity index (χ3n) is 4.05. The molecule has 1 aromatic rings. The second-order valence-electron chi connectivity index (χ2n) is 5.79. The van der Waals surface area contributed by atoms with Crippen LogP contribution in [0, 0.1) is 12.8 Å². The zero-order valence-corrected chi connectivity index (χ0v) is 12.8. The molecule has 1 aromatic heterocycles. The Balaban J connectivity index is 2.36.